The Hall–Kier alpha value is -6.83. The lowest BCUT2D eigenvalue weighted by Gasteiger charge is -2.35. The SMILES string of the molecule is COc1ccc(C2(c3ccc(Oc4ccc(C(=O)c5ccc(C)c(S(=O)(=O)O)c5)cc4SOOO)c(-c4ccccc4)c3)c3ccccc3-c3ccccc32)cc1-c1ccccc1. The Morgan fingerprint density at radius 2 is 1.08 bits per heavy atom. The largest absolute Gasteiger partial charge is 0.496 e. The molecule has 8 aromatic carbocycles. The van der Waals surface area contributed by atoms with E-state index in [-0.39, 0.29) is 32.2 Å². The van der Waals surface area contributed by atoms with Crippen molar-refractivity contribution in [2.45, 2.75) is 22.1 Å². The Kier molecular flexibility index (Phi) is 11.3. The van der Waals surface area contributed by atoms with Crippen LogP contribution in [0, 0.1) is 6.92 Å². The Labute approximate surface area is 369 Å². The van der Waals surface area contributed by atoms with Crippen LogP contribution in [-0.2, 0) is 24.9 Å². The molecule has 2 N–H and O–H groups in total. The number of carbonyl (C=O) groups is 1. The van der Waals surface area contributed by atoms with Crippen LogP contribution in [0.2, 0.25) is 0 Å². The Bertz CT molecular complexity index is 3090. The van der Waals surface area contributed by atoms with E-state index in [4.69, 9.17) is 19.1 Å². The summed E-state index contributed by atoms with van der Waals surface area (Å²) in [5.41, 5.74) is 9.90. The molecule has 0 bridgehead atoms. The normalized spacial score (nSPS) is 12.6. The van der Waals surface area contributed by atoms with E-state index in [1.807, 2.05) is 60.7 Å². The van der Waals surface area contributed by atoms with Crippen molar-refractivity contribution in [1.82, 2.24) is 0 Å². The maximum absolute atomic E-state index is 13.7. The summed E-state index contributed by atoms with van der Waals surface area (Å²) < 4.78 is 51.4. The second kappa shape index (κ2) is 17.1. The quantitative estimate of drug-likeness (QED) is 0.0380. The molecule has 8 aromatic rings. The van der Waals surface area contributed by atoms with Crippen molar-refractivity contribution in [2.75, 3.05) is 7.11 Å². The summed E-state index contributed by atoms with van der Waals surface area (Å²) in [7, 11) is -2.89. The van der Waals surface area contributed by atoms with E-state index in [9.17, 15) is 17.8 Å². The number of hydrogen-bond acceptors (Lipinski definition) is 9. The number of ketones is 1. The molecule has 0 aromatic heterocycles. The number of fused-ring (bicyclic) bond motifs is 3. The van der Waals surface area contributed by atoms with Gasteiger partial charge < -0.3 is 9.47 Å². The molecule has 0 saturated carbocycles. The lowest BCUT2D eigenvalue weighted by Crippen LogP contribution is -2.28. The summed E-state index contributed by atoms with van der Waals surface area (Å²) in [5.74, 6) is 0.993. The number of benzene rings is 8. The van der Waals surface area contributed by atoms with Crippen LogP contribution in [-0.4, -0.2) is 31.1 Å². The van der Waals surface area contributed by atoms with Crippen molar-refractivity contribution >= 4 is 27.9 Å². The first kappa shape index (κ1) is 41.5. The molecule has 9 rings (SSSR count). The summed E-state index contributed by atoms with van der Waals surface area (Å²) in [6.45, 7) is 1.52. The highest BCUT2D eigenvalue weighted by Crippen LogP contribution is 2.57. The van der Waals surface area contributed by atoms with E-state index in [1.165, 1.54) is 25.1 Å². The maximum Gasteiger partial charge on any atom is 0.294 e. The molecule has 1 aliphatic rings. The van der Waals surface area contributed by atoms with Gasteiger partial charge in [-0.15, -0.1) is 4.33 Å². The second-order valence-electron chi connectivity index (χ2n) is 15.0. The fraction of sp³-hybridized carbons (Fsp3) is 0.0577. The van der Waals surface area contributed by atoms with E-state index >= 15 is 0 Å². The third-order valence-electron chi connectivity index (χ3n) is 11.5. The minimum atomic E-state index is -4.58. The number of rotatable bonds is 13. The predicted octanol–water partition coefficient (Wildman–Crippen LogP) is 12.4. The molecule has 0 saturated heterocycles. The van der Waals surface area contributed by atoms with Gasteiger partial charge in [-0.1, -0.05) is 138 Å². The third kappa shape index (κ3) is 7.61. The molecule has 63 heavy (non-hydrogen) atoms. The number of hydrogen-bond donors (Lipinski definition) is 2. The Balaban J connectivity index is 1.22. The molecule has 1 aliphatic carbocycles. The molecule has 0 radical (unpaired) electrons. The highest BCUT2D eigenvalue weighted by molar-refractivity contribution is 7.94. The minimum Gasteiger partial charge on any atom is -0.496 e. The van der Waals surface area contributed by atoms with Gasteiger partial charge in [-0.25, -0.2) is 5.26 Å². The van der Waals surface area contributed by atoms with Gasteiger partial charge in [0.05, 0.1) is 34.4 Å². The van der Waals surface area contributed by atoms with Gasteiger partial charge in [0, 0.05) is 22.3 Å². The van der Waals surface area contributed by atoms with Crippen LogP contribution in [0.25, 0.3) is 33.4 Å². The van der Waals surface area contributed by atoms with Gasteiger partial charge >= 0.3 is 0 Å². The average molecular weight is 871 g/mol. The first-order valence-corrected chi connectivity index (χ1v) is 22.0. The molecule has 9 nitrogen and oxygen atoms in total. The van der Waals surface area contributed by atoms with Crippen LogP contribution in [0.4, 0.5) is 0 Å². The van der Waals surface area contributed by atoms with E-state index in [0.29, 0.717) is 17.8 Å². The predicted molar refractivity (Wildman–Crippen MR) is 243 cm³/mol. The number of carbonyl (C=O) groups excluding carboxylic acids is 1. The standard InChI is InChI=1S/C52H38O9S2/c1-33-21-22-37(30-50(33)63(55,56)57)51(53)36-23-26-48(49(29-36)62-61-60-54)59-47-28-25-39(32-43(47)35-15-7-4-8-16-35)52(44-19-11-9-17-40(44)41-18-10-12-20-45(41)52)38-24-27-46(58-2)42(31-38)34-13-5-3-6-14-34/h3-32,54H,1-2H3,(H,55,56,57). The van der Waals surface area contributed by atoms with Crippen molar-refractivity contribution in [3.63, 3.8) is 0 Å². The van der Waals surface area contributed by atoms with Gasteiger partial charge in [-0.3, -0.25) is 9.35 Å². The fourth-order valence-electron chi connectivity index (χ4n) is 8.66. The zero-order valence-electron chi connectivity index (χ0n) is 33.9. The number of methoxy groups -OCH3 is 1. The summed E-state index contributed by atoms with van der Waals surface area (Å²) in [4.78, 5) is 13.6. The summed E-state index contributed by atoms with van der Waals surface area (Å²) in [5, 5.41) is 13.1. The summed E-state index contributed by atoms with van der Waals surface area (Å²) >= 11 is 0.616. The maximum atomic E-state index is 13.7. The van der Waals surface area contributed by atoms with Crippen LogP contribution in [0.1, 0.15) is 43.7 Å². The second-order valence-corrected chi connectivity index (χ2v) is 17.1. The summed E-state index contributed by atoms with van der Waals surface area (Å²) in [6.07, 6.45) is 0. The molecule has 312 valence electrons. The minimum absolute atomic E-state index is 0.0378. The highest BCUT2D eigenvalue weighted by Gasteiger charge is 2.46. The molecular weight excluding hydrogens is 833 g/mol. The van der Waals surface area contributed by atoms with Crippen LogP contribution >= 0.6 is 12.0 Å². The number of aryl methyl sites for hydroxylation is 1. The zero-order valence-corrected chi connectivity index (χ0v) is 35.5. The van der Waals surface area contributed by atoms with Gasteiger partial charge in [-0.2, -0.15) is 8.42 Å². The van der Waals surface area contributed by atoms with Gasteiger partial charge in [0.25, 0.3) is 10.1 Å². The zero-order chi connectivity index (χ0) is 43.7. The van der Waals surface area contributed by atoms with E-state index in [1.54, 1.807) is 19.2 Å². The fourth-order valence-corrected chi connectivity index (χ4v) is 9.88. The Morgan fingerprint density at radius 3 is 1.65 bits per heavy atom. The van der Waals surface area contributed by atoms with Crippen molar-refractivity contribution in [2.24, 2.45) is 0 Å². The molecule has 11 heteroatoms. The molecule has 0 fully saturated rings. The first-order chi connectivity index (χ1) is 30.6. The molecule has 0 aliphatic heterocycles. The van der Waals surface area contributed by atoms with Crippen molar-refractivity contribution in [1.29, 1.82) is 0 Å². The number of ether oxygens (including phenoxy) is 2. The highest BCUT2D eigenvalue weighted by atomic mass is 32.2. The average Bonchev–Trinajstić information content (AvgIpc) is 3.62. The smallest absolute Gasteiger partial charge is 0.294 e. The van der Waals surface area contributed by atoms with Gasteiger partial charge in [-0.05, 0) is 106 Å². The molecule has 0 spiro atoms. The monoisotopic (exact) mass is 870 g/mol. The Morgan fingerprint density at radius 1 is 0.571 bits per heavy atom. The van der Waals surface area contributed by atoms with E-state index in [0.717, 1.165) is 67.5 Å². The van der Waals surface area contributed by atoms with Crippen molar-refractivity contribution < 1.29 is 41.9 Å². The van der Waals surface area contributed by atoms with Gasteiger partial charge in [0.1, 0.15) is 17.2 Å². The summed E-state index contributed by atoms with van der Waals surface area (Å²) in [6, 6.07) is 58.4. The third-order valence-corrected chi connectivity index (χ3v) is 13.1. The van der Waals surface area contributed by atoms with E-state index in [2.05, 4.69) is 90.0 Å². The van der Waals surface area contributed by atoms with Crippen molar-refractivity contribution in [3.8, 4) is 50.6 Å². The molecular formula is C52H38O9S2. The van der Waals surface area contributed by atoms with Crippen LogP contribution in [0.3, 0.4) is 0 Å². The molecule has 0 heterocycles. The van der Waals surface area contributed by atoms with Crippen LogP contribution in [0.5, 0.6) is 17.2 Å². The lowest BCUT2D eigenvalue weighted by molar-refractivity contribution is -0.432. The molecule has 0 unspecified atom stereocenters. The van der Waals surface area contributed by atoms with Gasteiger partial charge in [0.2, 0.25) is 0 Å². The van der Waals surface area contributed by atoms with Gasteiger partial charge in [0.15, 0.2) is 5.78 Å². The topological polar surface area (TPSA) is 129 Å². The first-order valence-electron chi connectivity index (χ1n) is 19.8. The van der Waals surface area contributed by atoms with Crippen molar-refractivity contribution in [3.05, 3.63) is 221 Å². The van der Waals surface area contributed by atoms with Crippen LogP contribution < -0.4 is 9.47 Å². The molecule has 0 amide bonds. The molecule has 0 atom stereocenters. The van der Waals surface area contributed by atoms with Crippen LogP contribution in [0.15, 0.2) is 192 Å². The van der Waals surface area contributed by atoms with E-state index < -0.39 is 21.3 Å². The lowest BCUT2D eigenvalue weighted by atomic mass is 9.67.